The molecular weight excluding hydrogens is 546 g/mol. The molecule has 2 aromatic heterocycles. The lowest BCUT2D eigenvalue weighted by molar-refractivity contribution is -0.138. The first-order valence-corrected chi connectivity index (χ1v) is 12.5. The van der Waals surface area contributed by atoms with Crippen molar-refractivity contribution in [1.82, 2.24) is 19.7 Å². The fourth-order valence-corrected chi connectivity index (χ4v) is 4.79. The molecule has 39 heavy (non-hydrogen) atoms. The SMILES string of the molecule is CC(=O)c1nc2c(c(Oc3ccc(F)cc3C(F)(F)F)n1)CCN(c1cnn(C3CCCCO3)c(=O)c1Cl)C2. The Balaban J connectivity index is 1.49. The van der Waals surface area contributed by atoms with Crippen LogP contribution in [-0.2, 0) is 23.9 Å². The number of carbonyl (C=O) groups excluding carboxylic acids is 1. The predicted molar refractivity (Wildman–Crippen MR) is 131 cm³/mol. The van der Waals surface area contributed by atoms with Crippen LogP contribution in [0.4, 0.5) is 23.2 Å². The molecule has 1 fully saturated rings. The molecular formula is C25H22ClF4N5O4. The summed E-state index contributed by atoms with van der Waals surface area (Å²) in [5, 5.41) is 4.19. The number of aromatic nitrogens is 4. The molecule has 1 atom stereocenters. The first-order valence-electron chi connectivity index (χ1n) is 12.1. The molecule has 0 amide bonds. The number of Topliss-reactive ketones (excluding diaryl/α,β-unsaturated/α-hetero) is 1. The summed E-state index contributed by atoms with van der Waals surface area (Å²) in [5.41, 5.74) is -0.816. The molecule has 14 heteroatoms. The summed E-state index contributed by atoms with van der Waals surface area (Å²) < 4.78 is 66.6. The normalized spacial score (nSPS) is 17.6. The second kappa shape index (κ2) is 10.5. The molecule has 0 aliphatic carbocycles. The smallest absolute Gasteiger partial charge is 0.420 e. The quantitative estimate of drug-likeness (QED) is 0.310. The van der Waals surface area contributed by atoms with Crippen molar-refractivity contribution >= 4 is 23.1 Å². The minimum atomic E-state index is -4.89. The molecule has 0 spiro atoms. The number of ketones is 1. The predicted octanol–water partition coefficient (Wildman–Crippen LogP) is 5.10. The molecule has 3 aromatic rings. The molecule has 4 heterocycles. The maximum absolute atomic E-state index is 13.6. The summed E-state index contributed by atoms with van der Waals surface area (Å²) in [6.45, 7) is 2.05. The van der Waals surface area contributed by atoms with Crippen LogP contribution in [0.3, 0.4) is 0 Å². The van der Waals surface area contributed by atoms with Gasteiger partial charge in [0.25, 0.3) is 5.56 Å². The number of halogens is 5. The molecule has 5 rings (SSSR count). The van der Waals surface area contributed by atoms with Crippen molar-refractivity contribution in [1.29, 1.82) is 0 Å². The molecule has 206 valence electrons. The van der Waals surface area contributed by atoms with Gasteiger partial charge in [0, 0.05) is 25.6 Å². The highest BCUT2D eigenvalue weighted by Crippen LogP contribution is 2.40. The number of ether oxygens (including phenoxy) is 2. The summed E-state index contributed by atoms with van der Waals surface area (Å²) in [7, 11) is 0. The van der Waals surface area contributed by atoms with Crippen molar-refractivity contribution in [2.75, 3.05) is 18.1 Å². The molecule has 2 aliphatic heterocycles. The zero-order valence-electron chi connectivity index (χ0n) is 20.6. The van der Waals surface area contributed by atoms with E-state index in [0.29, 0.717) is 36.0 Å². The Bertz CT molecular complexity index is 1490. The lowest BCUT2D eigenvalue weighted by Gasteiger charge is -2.31. The summed E-state index contributed by atoms with van der Waals surface area (Å²) in [6.07, 6.45) is -1.32. The molecule has 9 nitrogen and oxygen atoms in total. The number of rotatable bonds is 5. The van der Waals surface area contributed by atoms with Gasteiger partial charge < -0.3 is 14.4 Å². The van der Waals surface area contributed by atoms with Crippen LogP contribution in [0.1, 0.15) is 59.9 Å². The Hall–Kier alpha value is -3.58. The van der Waals surface area contributed by atoms with E-state index in [9.17, 15) is 27.2 Å². The zero-order chi connectivity index (χ0) is 27.9. The van der Waals surface area contributed by atoms with Gasteiger partial charge in [-0.3, -0.25) is 9.59 Å². The van der Waals surface area contributed by atoms with Crippen LogP contribution in [0.5, 0.6) is 11.6 Å². The first kappa shape index (κ1) is 27.0. The van der Waals surface area contributed by atoms with Gasteiger partial charge in [0.1, 0.15) is 22.2 Å². The van der Waals surface area contributed by atoms with E-state index in [4.69, 9.17) is 21.1 Å². The van der Waals surface area contributed by atoms with Gasteiger partial charge in [0.2, 0.25) is 5.88 Å². The Morgan fingerprint density at radius 1 is 1.23 bits per heavy atom. The van der Waals surface area contributed by atoms with Crippen molar-refractivity contribution < 1.29 is 31.8 Å². The van der Waals surface area contributed by atoms with Crippen LogP contribution < -0.4 is 15.2 Å². The Morgan fingerprint density at radius 3 is 2.72 bits per heavy atom. The van der Waals surface area contributed by atoms with Crippen molar-refractivity contribution in [3.05, 3.63) is 68.2 Å². The van der Waals surface area contributed by atoms with Crippen molar-refractivity contribution in [3.8, 4) is 11.6 Å². The number of alkyl halides is 3. The van der Waals surface area contributed by atoms with Crippen LogP contribution in [0.15, 0.2) is 29.2 Å². The highest BCUT2D eigenvalue weighted by atomic mass is 35.5. The van der Waals surface area contributed by atoms with Gasteiger partial charge >= 0.3 is 6.18 Å². The van der Waals surface area contributed by atoms with Gasteiger partial charge in [0.15, 0.2) is 17.8 Å². The number of benzene rings is 1. The average Bonchev–Trinajstić information content (AvgIpc) is 2.90. The highest BCUT2D eigenvalue weighted by Gasteiger charge is 2.36. The summed E-state index contributed by atoms with van der Waals surface area (Å²) in [6, 6.07) is 2.01. The molecule has 0 saturated carbocycles. The van der Waals surface area contributed by atoms with Crippen molar-refractivity contribution in [3.63, 3.8) is 0 Å². The third kappa shape index (κ3) is 5.46. The number of fused-ring (bicyclic) bond motifs is 1. The molecule has 0 bridgehead atoms. The Labute approximate surface area is 224 Å². The van der Waals surface area contributed by atoms with Crippen LogP contribution in [0, 0.1) is 5.82 Å². The molecule has 1 aromatic carbocycles. The van der Waals surface area contributed by atoms with Crippen molar-refractivity contribution in [2.24, 2.45) is 0 Å². The van der Waals surface area contributed by atoms with E-state index in [-0.39, 0.29) is 36.2 Å². The van der Waals surface area contributed by atoms with E-state index in [0.717, 1.165) is 25.0 Å². The fourth-order valence-electron chi connectivity index (χ4n) is 4.54. The van der Waals surface area contributed by atoms with Gasteiger partial charge in [0.05, 0.1) is 24.1 Å². The van der Waals surface area contributed by atoms with Crippen molar-refractivity contribution in [2.45, 2.75) is 51.6 Å². The maximum Gasteiger partial charge on any atom is 0.420 e. The van der Waals surface area contributed by atoms with E-state index in [2.05, 4.69) is 15.1 Å². The number of nitrogens with zero attached hydrogens (tertiary/aromatic N) is 5. The molecule has 0 N–H and O–H groups in total. The lowest BCUT2D eigenvalue weighted by Crippen LogP contribution is -2.36. The summed E-state index contributed by atoms with van der Waals surface area (Å²) >= 11 is 6.45. The van der Waals surface area contributed by atoms with Gasteiger partial charge in [-0.05, 0) is 43.9 Å². The van der Waals surface area contributed by atoms with E-state index >= 15 is 0 Å². The van der Waals surface area contributed by atoms with Gasteiger partial charge in [-0.2, -0.15) is 27.9 Å². The van der Waals surface area contributed by atoms with E-state index in [1.807, 2.05) is 0 Å². The van der Waals surface area contributed by atoms with Crippen LogP contribution >= 0.6 is 11.6 Å². The standard InChI is InChI=1S/C25H22ClF4N5O4/c1-13(36)22-32-17-12-34(18-11-31-35(24(37)21(18)26)20-4-2-3-9-38-20)8-7-15(17)23(33-22)39-19-6-5-14(27)10-16(19)25(28,29)30/h5-6,10-11,20H,2-4,7-9,12H2,1H3. The monoisotopic (exact) mass is 567 g/mol. The number of hydrogen-bond acceptors (Lipinski definition) is 8. The van der Waals surface area contributed by atoms with Gasteiger partial charge in [-0.25, -0.2) is 9.37 Å². The second-order valence-electron chi connectivity index (χ2n) is 9.16. The Kier molecular flexibility index (Phi) is 7.29. The highest BCUT2D eigenvalue weighted by molar-refractivity contribution is 6.33. The molecule has 0 radical (unpaired) electrons. The number of hydrogen-bond donors (Lipinski definition) is 0. The topological polar surface area (TPSA) is 99.4 Å². The van der Waals surface area contributed by atoms with E-state index in [1.165, 1.54) is 17.8 Å². The zero-order valence-corrected chi connectivity index (χ0v) is 21.4. The molecule has 1 unspecified atom stereocenters. The molecule has 2 aliphatic rings. The molecule has 1 saturated heterocycles. The Morgan fingerprint density at radius 2 is 2.03 bits per heavy atom. The lowest BCUT2D eigenvalue weighted by atomic mass is 10.1. The second-order valence-corrected chi connectivity index (χ2v) is 9.54. The number of carbonyl (C=O) groups is 1. The van der Waals surface area contributed by atoms with Gasteiger partial charge in [-0.1, -0.05) is 11.6 Å². The van der Waals surface area contributed by atoms with E-state index < -0.39 is 40.9 Å². The average molecular weight is 568 g/mol. The third-order valence-corrected chi connectivity index (χ3v) is 6.85. The fraction of sp³-hybridized carbons (Fsp3) is 0.400. The first-order chi connectivity index (χ1) is 18.5. The number of anilines is 1. The summed E-state index contributed by atoms with van der Waals surface area (Å²) in [5.74, 6) is -2.79. The minimum absolute atomic E-state index is 0.0504. The summed E-state index contributed by atoms with van der Waals surface area (Å²) in [4.78, 5) is 35.2. The van der Waals surface area contributed by atoms with Crippen LogP contribution in [0.25, 0.3) is 0 Å². The van der Waals surface area contributed by atoms with Crippen LogP contribution in [-0.4, -0.2) is 38.7 Å². The minimum Gasteiger partial charge on any atom is -0.438 e. The van der Waals surface area contributed by atoms with Crippen LogP contribution in [0.2, 0.25) is 5.02 Å². The van der Waals surface area contributed by atoms with E-state index in [1.54, 1.807) is 4.90 Å². The third-order valence-electron chi connectivity index (χ3n) is 6.49. The largest absolute Gasteiger partial charge is 0.438 e. The maximum atomic E-state index is 13.6. The van der Waals surface area contributed by atoms with Gasteiger partial charge in [-0.15, -0.1) is 0 Å².